The summed E-state index contributed by atoms with van der Waals surface area (Å²) >= 11 is 0. The van der Waals surface area contributed by atoms with Crippen molar-refractivity contribution in [2.75, 3.05) is 18.9 Å². The Morgan fingerprint density at radius 1 is 1.24 bits per heavy atom. The molecule has 1 heterocycles. The standard InChI is InChI=1S/C15H24N2O3S/c1-9-6-14(16)13(5)15(12(9)4)21(18,19)17-7-11(3)20-8-10(17)2/h6,10-11H,7-8,16H2,1-5H3. The van der Waals surface area contributed by atoms with Crippen molar-refractivity contribution in [1.82, 2.24) is 4.31 Å². The highest BCUT2D eigenvalue weighted by atomic mass is 32.2. The van der Waals surface area contributed by atoms with Crippen LogP contribution >= 0.6 is 0 Å². The number of ether oxygens (including phenoxy) is 1. The SMILES string of the molecule is Cc1cc(N)c(C)c(S(=O)(=O)N2CC(C)OCC2C)c1C. The molecule has 118 valence electrons. The van der Waals surface area contributed by atoms with Crippen LogP contribution in [-0.2, 0) is 14.8 Å². The molecule has 1 aliphatic rings. The van der Waals surface area contributed by atoms with Gasteiger partial charge in [-0.2, -0.15) is 4.31 Å². The van der Waals surface area contributed by atoms with E-state index in [9.17, 15) is 8.42 Å². The number of sulfonamides is 1. The van der Waals surface area contributed by atoms with Crippen molar-refractivity contribution in [3.05, 3.63) is 22.8 Å². The van der Waals surface area contributed by atoms with Gasteiger partial charge in [0.25, 0.3) is 0 Å². The van der Waals surface area contributed by atoms with E-state index in [1.54, 1.807) is 6.92 Å². The molecule has 2 unspecified atom stereocenters. The van der Waals surface area contributed by atoms with Crippen LogP contribution in [0.2, 0.25) is 0 Å². The van der Waals surface area contributed by atoms with Crippen molar-refractivity contribution < 1.29 is 13.2 Å². The molecule has 1 fully saturated rings. The van der Waals surface area contributed by atoms with Gasteiger partial charge in [-0.1, -0.05) is 0 Å². The highest BCUT2D eigenvalue weighted by Crippen LogP contribution is 2.32. The summed E-state index contributed by atoms with van der Waals surface area (Å²) in [6.45, 7) is 10.0. The first-order valence-corrected chi connectivity index (χ1v) is 8.60. The number of anilines is 1. The normalized spacial score (nSPS) is 24.2. The molecule has 0 bridgehead atoms. The molecule has 0 aromatic heterocycles. The molecular formula is C15H24N2O3S. The van der Waals surface area contributed by atoms with Crippen molar-refractivity contribution in [3.63, 3.8) is 0 Å². The molecule has 0 aliphatic carbocycles. The topological polar surface area (TPSA) is 72.6 Å². The van der Waals surface area contributed by atoms with Crippen LogP contribution in [0.1, 0.15) is 30.5 Å². The maximum Gasteiger partial charge on any atom is 0.244 e. The van der Waals surface area contributed by atoms with Crippen LogP contribution in [0.3, 0.4) is 0 Å². The molecule has 0 amide bonds. The van der Waals surface area contributed by atoms with E-state index in [4.69, 9.17) is 10.5 Å². The van der Waals surface area contributed by atoms with Gasteiger partial charge in [0.05, 0.1) is 17.6 Å². The second kappa shape index (κ2) is 5.59. The Balaban J connectivity index is 2.59. The Bertz CT molecular complexity index is 629. The molecule has 1 saturated heterocycles. The maximum atomic E-state index is 13.1. The lowest BCUT2D eigenvalue weighted by molar-refractivity contribution is -0.0170. The van der Waals surface area contributed by atoms with Gasteiger partial charge in [-0.3, -0.25) is 0 Å². The molecule has 21 heavy (non-hydrogen) atoms. The minimum atomic E-state index is -3.58. The predicted octanol–water partition coefficient (Wildman–Crippen LogP) is 1.99. The molecule has 0 radical (unpaired) electrons. The van der Waals surface area contributed by atoms with E-state index in [0.29, 0.717) is 29.3 Å². The molecule has 5 nitrogen and oxygen atoms in total. The van der Waals surface area contributed by atoms with Crippen LogP contribution < -0.4 is 5.73 Å². The van der Waals surface area contributed by atoms with E-state index >= 15 is 0 Å². The molecule has 2 rings (SSSR count). The van der Waals surface area contributed by atoms with Gasteiger partial charge in [0, 0.05) is 18.3 Å². The fourth-order valence-corrected chi connectivity index (χ4v) is 4.98. The van der Waals surface area contributed by atoms with Crippen molar-refractivity contribution >= 4 is 15.7 Å². The van der Waals surface area contributed by atoms with Gasteiger partial charge in [-0.05, 0) is 57.4 Å². The fourth-order valence-electron chi connectivity index (χ4n) is 2.75. The van der Waals surface area contributed by atoms with Crippen LogP contribution in [0.5, 0.6) is 0 Å². The van der Waals surface area contributed by atoms with E-state index in [2.05, 4.69) is 0 Å². The summed E-state index contributed by atoms with van der Waals surface area (Å²) in [4.78, 5) is 0.348. The molecule has 2 N–H and O–H groups in total. The molecule has 0 saturated carbocycles. The van der Waals surface area contributed by atoms with Crippen molar-refractivity contribution in [1.29, 1.82) is 0 Å². The summed E-state index contributed by atoms with van der Waals surface area (Å²) in [5.74, 6) is 0. The van der Waals surface area contributed by atoms with Crippen molar-refractivity contribution in [2.45, 2.75) is 51.7 Å². The summed E-state index contributed by atoms with van der Waals surface area (Å²) in [6.07, 6.45) is -0.0984. The number of aryl methyl sites for hydroxylation is 1. The predicted molar refractivity (Wildman–Crippen MR) is 83.8 cm³/mol. The third-order valence-electron chi connectivity index (χ3n) is 4.20. The number of benzene rings is 1. The van der Waals surface area contributed by atoms with Gasteiger partial charge < -0.3 is 10.5 Å². The lowest BCUT2D eigenvalue weighted by Gasteiger charge is -2.36. The van der Waals surface area contributed by atoms with Crippen molar-refractivity contribution in [2.24, 2.45) is 0 Å². The van der Waals surface area contributed by atoms with E-state index in [1.165, 1.54) is 4.31 Å². The third kappa shape index (κ3) is 2.80. The van der Waals surface area contributed by atoms with Crippen LogP contribution in [0.25, 0.3) is 0 Å². The average molecular weight is 312 g/mol. The lowest BCUT2D eigenvalue weighted by atomic mass is 10.1. The third-order valence-corrected chi connectivity index (χ3v) is 6.45. The largest absolute Gasteiger partial charge is 0.398 e. The Kier molecular flexibility index (Phi) is 4.33. The van der Waals surface area contributed by atoms with E-state index in [1.807, 2.05) is 33.8 Å². The zero-order valence-electron chi connectivity index (χ0n) is 13.3. The highest BCUT2D eigenvalue weighted by Gasteiger charge is 2.36. The Labute approximate surface area is 127 Å². The van der Waals surface area contributed by atoms with Gasteiger partial charge in [-0.15, -0.1) is 0 Å². The second-order valence-electron chi connectivity index (χ2n) is 5.93. The Hall–Kier alpha value is -1.11. The summed E-state index contributed by atoms with van der Waals surface area (Å²) in [5.41, 5.74) is 8.78. The molecular weight excluding hydrogens is 288 g/mol. The van der Waals surface area contributed by atoms with Gasteiger partial charge in [0.15, 0.2) is 0 Å². The van der Waals surface area contributed by atoms with Crippen LogP contribution in [0, 0.1) is 20.8 Å². The number of nitrogens with two attached hydrogens (primary N) is 1. The number of morpholine rings is 1. The minimum Gasteiger partial charge on any atom is -0.398 e. The minimum absolute atomic E-state index is 0.0984. The summed E-state index contributed by atoms with van der Waals surface area (Å²) < 4.78 is 33.3. The monoisotopic (exact) mass is 312 g/mol. The van der Waals surface area contributed by atoms with Gasteiger partial charge in [0.2, 0.25) is 10.0 Å². The number of nitrogens with zero attached hydrogens (tertiary/aromatic N) is 1. The van der Waals surface area contributed by atoms with Crippen LogP contribution in [0.4, 0.5) is 5.69 Å². The smallest absolute Gasteiger partial charge is 0.244 e. The zero-order valence-corrected chi connectivity index (χ0v) is 14.1. The van der Waals surface area contributed by atoms with Gasteiger partial charge in [0.1, 0.15) is 0 Å². The van der Waals surface area contributed by atoms with Gasteiger partial charge in [-0.25, -0.2) is 8.42 Å². The number of hydrogen-bond donors (Lipinski definition) is 1. The van der Waals surface area contributed by atoms with Crippen LogP contribution in [0.15, 0.2) is 11.0 Å². The number of rotatable bonds is 2. The molecule has 2 atom stereocenters. The molecule has 1 aliphatic heterocycles. The Morgan fingerprint density at radius 2 is 1.86 bits per heavy atom. The van der Waals surface area contributed by atoms with Gasteiger partial charge >= 0.3 is 0 Å². The molecule has 6 heteroatoms. The summed E-state index contributed by atoms with van der Waals surface area (Å²) in [7, 11) is -3.58. The zero-order chi connectivity index (χ0) is 15.9. The molecule has 0 spiro atoms. The lowest BCUT2D eigenvalue weighted by Crippen LogP contribution is -2.50. The first-order valence-electron chi connectivity index (χ1n) is 7.16. The van der Waals surface area contributed by atoms with E-state index in [0.717, 1.165) is 11.1 Å². The first-order chi connectivity index (χ1) is 9.66. The van der Waals surface area contributed by atoms with E-state index < -0.39 is 10.0 Å². The first kappa shape index (κ1) is 16.3. The Morgan fingerprint density at radius 3 is 2.48 bits per heavy atom. The summed E-state index contributed by atoms with van der Waals surface area (Å²) in [6, 6.07) is 1.65. The quantitative estimate of drug-likeness (QED) is 0.848. The summed E-state index contributed by atoms with van der Waals surface area (Å²) in [5, 5.41) is 0. The van der Waals surface area contributed by atoms with E-state index in [-0.39, 0.29) is 12.1 Å². The highest BCUT2D eigenvalue weighted by molar-refractivity contribution is 7.89. The number of hydrogen-bond acceptors (Lipinski definition) is 4. The fraction of sp³-hybridized carbons (Fsp3) is 0.600. The molecule has 1 aromatic carbocycles. The van der Waals surface area contributed by atoms with Crippen LogP contribution in [-0.4, -0.2) is 38.0 Å². The maximum absolute atomic E-state index is 13.1. The molecule has 1 aromatic rings. The van der Waals surface area contributed by atoms with Crippen molar-refractivity contribution in [3.8, 4) is 0 Å². The second-order valence-corrected chi connectivity index (χ2v) is 7.76. The average Bonchev–Trinajstić information content (AvgIpc) is 2.39. The number of nitrogen functional groups attached to an aromatic ring is 1.